The van der Waals surface area contributed by atoms with Gasteiger partial charge in [0, 0.05) is 0 Å². The Bertz CT molecular complexity index is 178. The van der Waals surface area contributed by atoms with E-state index in [1.807, 2.05) is 0 Å². The van der Waals surface area contributed by atoms with Crippen molar-refractivity contribution in [1.82, 2.24) is 0 Å². The third-order valence-electron chi connectivity index (χ3n) is 4.54. The van der Waals surface area contributed by atoms with E-state index in [0.29, 0.717) is 5.41 Å². The average Bonchev–Trinajstić information content (AvgIpc) is 2.74. The van der Waals surface area contributed by atoms with E-state index in [1.54, 1.807) is 0 Å². The summed E-state index contributed by atoms with van der Waals surface area (Å²) in [7, 11) is 0. The lowest BCUT2D eigenvalue weighted by molar-refractivity contribution is 0.153. The van der Waals surface area contributed by atoms with Gasteiger partial charge in [-0.05, 0) is 49.5 Å². The first-order chi connectivity index (χ1) is 6.30. The Morgan fingerprint density at radius 3 is 2.69 bits per heavy atom. The maximum Gasteiger partial charge on any atom is -0.00178 e. The second-order valence-electron chi connectivity index (χ2n) is 5.25. The SMILES string of the molecule is CCCCC1(CN)CC2CCC1C2. The van der Waals surface area contributed by atoms with Crippen molar-refractivity contribution in [2.45, 2.75) is 51.9 Å². The first-order valence-corrected chi connectivity index (χ1v) is 6.01. The van der Waals surface area contributed by atoms with Crippen LogP contribution in [-0.2, 0) is 0 Å². The van der Waals surface area contributed by atoms with Crippen LogP contribution < -0.4 is 5.73 Å². The smallest absolute Gasteiger partial charge is 0.00178 e. The van der Waals surface area contributed by atoms with Gasteiger partial charge in [0.25, 0.3) is 0 Å². The van der Waals surface area contributed by atoms with Crippen LogP contribution in [0.1, 0.15) is 51.9 Å². The summed E-state index contributed by atoms with van der Waals surface area (Å²) in [6.45, 7) is 3.24. The molecule has 13 heavy (non-hydrogen) atoms. The molecule has 3 atom stereocenters. The van der Waals surface area contributed by atoms with Gasteiger partial charge in [-0.25, -0.2) is 0 Å². The fourth-order valence-electron chi connectivity index (χ4n) is 3.75. The maximum atomic E-state index is 6.00. The minimum absolute atomic E-state index is 0.582. The molecule has 0 heterocycles. The largest absolute Gasteiger partial charge is 0.330 e. The predicted molar refractivity (Wildman–Crippen MR) is 56.5 cm³/mol. The second kappa shape index (κ2) is 3.61. The minimum atomic E-state index is 0.582. The minimum Gasteiger partial charge on any atom is -0.330 e. The lowest BCUT2D eigenvalue weighted by Gasteiger charge is -2.36. The van der Waals surface area contributed by atoms with Crippen molar-refractivity contribution < 1.29 is 0 Å². The van der Waals surface area contributed by atoms with Crippen molar-refractivity contribution in [1.29, 1.82) is 0 Å². The van der Waals surface area contributed by atoms with E-state index in [0.717, 1.165) is 18.4 Å². The number of fused-ring (bicyclic) bond motifs is 2. The van der Waals surface area contributed by atoms with Crippen LogP contribution in [0.2, 0.25) is 0 Å². The van der Waals surface area contributed by atoms with Gasteiger partial charge in [0.2, 0.25) is 0 Å². The summed E-state index contributed by atoms with van der Waals surface area (Å²) in [5, 5.41) is 0. The molecule has 0 saturated heterocycles. The lowest BCUT2D eigenvalue weighted by Crippen LogP contribution is -2.35. The molecule has 2 N–H and O–H groups in total. The highest BCUT2D eigenvalue weighted by molar-refractivity contribution is 5.00. The van der Waals surface area contributed by atoms with Crippen molar-refractivity contribution in [2.75, 3.05) is 6.54 Å². The summed E-state index contributed by atoms with van der Waals surface area (Å²) in [6.07, 6.45) is 10.1. The summed E-state index contributed by atoms with van der Waals surface area (Å²) < 4.78 is 0. The van der Waals surface area contributed by atoms with Gasteiger partial charge in [-0.3, -0.25) is 0 Å². The average molecular weight is 181 g/mol. The molecule has 0 aromatic rings. The molecule has 1 heteroatoms. The van der Waals surface area contributed by atoms with E-state index in [1.165, 1.54) is 44.9 Å². The predicted octanol–water partition coefficient (Wildman–Crippen LogP) is 2.94. The normalized spacial score (nSPS) is 42.9. The topological polar surface area (TPSA) is 26.0 Å². The molecule has 2 saturated carbocycles. The maximum absolute atomic E-state index is 6.00. The van der Waals surface area contributed by atoms with Gasteiger partial charge in [0.15, 0.2) is 0 Å². The molecule has 0 aromatic heterocycles. The highest BCUT2D eigenvalue weighted by Crippen LogP contribution is 2.57. The molecule has 2 bridgehead atoms. The number of unbranched alkanes of at least 4 members (excludes halogenated alkanes) is 1. The summed E-state index contributed by atoms with van der Waals surface area (Å²) in [5.41, 5.74) is 6.58. The standard InChI is InChI=1S/C12H23N/c1-2-3-6-12(9-13)8-10-4-5-11(12)7-10/h10-11H,2-9,13H2,1H3. The lowest BCUT2D eigenvalue weighted by atomic mass is 9.70. The molecule has 2 fully saturated rings. The van der Waals surface area contributed by atoms with Gasteiger partial charge in [-0.15, -0.1) is 0 Å². The van der Waals surface area contributed by atoms with Crippen molar-refractivity contribution in [2.24, 2.45) is 23.0 Å². The van der Waals surface area contributed by atoms with Crippen molar-refractivity contribution >= 4 is 0 Å². The van der Waals surface area contributed by atoms with Gasteiger partial charge >= 0.3 is 0 Å². The van der Waals surface area contributed by atoms with Crippen LogP contribution in [0.5, 0.6) is 0 Å². The molecule has 3 unspecified atom stereocenters. The number of nitrogens with two attached hydrogens (primary N) is 1. The summed E-state index contributed by atoms with van der Waals surface area (Å²) in [6, 6.07) is 0. The summed E-state index contributed by atoms with van der Waals surface area (Å²) >= 11 is 0. The zero-order valence-electron chi connectivity index (χ0n) is 8.89. The molecule has 2 rings (SSSR count). The van der Waals surface area contributed by atoms with Crippen LogP contribution >= 0.6 is 0 Å². The number of rotatable bonds is 4. The molecular formula is C12H23N. The molecule has 0 spiro atoms. The third kappa shape index (κ3) is 1.52. The first-order valence-electron chi connectivity index (χ1n) is 6.01. The van der Waals surface area contributed by atoms with Crippen LogP contribution in [0.15, 0.2) is 0 Å². The van der Waals surface area contributed by atoms with E-state index in [4.69, 9.17) is 5.73 Å². The van der Waals surface area contributed by atoms with E-state index in [2.05, 4.69) is 6.92 Å². The fourth-order valence-corrected chi connectivity index (χ4v) is 3.75. The van der Waals surface area contributed by atoms with Crippen LogP contribution in [0.4, 0.5) is 0 Å². The summed E-state index contributed by atoms with van der Waals surface area (Å²) in [4.78, 5) is 0. The molecule has 2 aliphatic rings. The molecule has 0 aromatic carbocycles. The highest BCUT2D eigenvalue weighted by atomic mass is 14.7. The molecule has 2 aliphatic carbocycles. The Balaban J connectivity index is 1.99. The molecule has 0 aliphatic heterocycles. The Labute approximate surface area is 82.1 Å². The van der Waals surface area contributed by atoms with Crippen LogP contribution in [0.25, 0.3) is 0 Å². The Morgan fingerprint density at radius 2 is 2.23 bits per heavy atom. The van der Waals surface area contributed by atoms with E-state index in [9.17, 15) is 0 Å². The first kappa shape index (κ1) is 9.51. The van der Waals surface area contributed by atoms with Crippen LogP contribution in [0, 0.1) is 17.3 Å². The van der Waals surface area contributed by atoms with Crippen molar-refractivity contribution in [3.8, 4) is 0 Å². The summed E-state index contributed by atoms with van der Waals surface area (Å²) in [5.74, 6) is 2.04. The molecule has 0 amide bonds. The van der Waals surface area contributed by atoms with Crippen LogP contribution in [-0.4, -0.2) is 6.54 Å². The molecule has 76 valence electrons. The zero-order valence-corrected chi connectivity index (χ0v) is 8.89. The van der Waals surface area contributed by atoms with Crippen molar-refractivity contribution in [3.05, 3.63) is 0 Å². The van der Waals surface area contributed by atoms with Gasteiger partial charge in [0.05, 0.1) is 0 Å². The monoisotopic (exact) mass is 181 g/mol. The fraction of sp³-hybridized carbons (Fsp3) is 1.00. The molecular weight excluding hydrogens is 158 g/mol. The Kier molecular flexibility index (Phi) is 2.64. The molecule has 1 nitrogen and oxygen atoms in total. The van der Waals surface area contributed by atoms with E-state index < -0.39 is 0 Å². The quantitative estimate of drug-likeness (QED) is 0.709. The van der Waals surface area contributed by atoms with E-state index in [-0.39, 0.29) is 0 Å². The third-order valence-corrected chi connectivity index (χ3v) is 4.54. The van der Waals surface area contributed by atoms with Gasteiger partial charge in [-0.1, -0.05) is 26.2 Å². The van der Waals surface area contributed by atoms with Gasteiger partial charge < -0.3 is 5.73 Å². The van der Waals surface area contributed by atoms with E-state index >= 15 is 0 Å². The number of hydrogen-bond donors (Lipinski definition) is 1. The van der Waals surface area contributed by atoms with Crippen molar-refractivity contribution in [3.63, 3.8) is 0 Å². The van der Waals surface area contributed by atoms with Gasteiger partial charge in [-0.2, -0.15) is 0 Å². The Morgan fingerprint density at radius 1 is 1.38 bits per heavy atom. The van der Waals surface area contributed by atoms with Gasteiger partial charge in [0.1, 0.15) is 0 Å². The number of hydrogen-bond acceptors (Lipinski definition) is 1. The second-order valence-corrected chi connectivity index (χ2v) is 5.25. The van der Waals surface area contributed by atoms with Crippen LogP contribution in [0.3, 0.4) is 0 Å². The zero-order chi connectivity index (χ0) is 9.31. The Hall–Kier alpha value is -0.0400. The highest BCUT2D eigenvalue weighted by Gasteiger charge is 2.49. The molecule has 0 radical (unpaired) electrons.